The van der Waals surface area contributed by atoms with E-state index in [1.165, 1.54) is 5.56 Å². The van der Waals surface area contributed by atoms with Gasteiger partial charge in [0.15, 0.2) is 11.5 Å². The number of anilines is 1. The van der Waals surface area contributed by atoms with Crippen LogP contribution in [0.15, 0.2) is 66.7 Å². The van der Waals surface area contributed by atoms with E-state index in [0.717, 1.165) is 36.1 Å². The highest BCUT2D eigenvalue weighted by Crippen LogP contribution is 2.47. The fourth-order valence-electron chi connectivity index (χ4n) is 5.99. The summed E-state index contributed by atoms with van der Waals surface area (Å²) in [6, 6.07) is 20.6. The van der Waals surface area contributed by atoms with Crippen LogP contribution in [0.1, 0.15) is 55.3 Å². The summed E-state index contributed by atoms with van der Waals surface area (Å²) in [5.74, 6) is -0.778. The molecule has 3 aromatic carbocycles. The van der Waals surface area contributed by atoms with E-state index in [1.807, 2.05) is 59.5 Å². The number of carboxylic acids is 1. The second-order valence-electron chi connectivity index (χ2n) is 10.7. The van der Waals surface area contributed by atoms with E-state index >= 15 is 0 Å². The van der Waals surface area contributed by atoms with Gasteiger partial charge in [0.2, 0.25) is 5.91 Å². The van der Waals surface area contributed by atoms with Crippen LogP contribution in [-0.4, -0.2) is 54.7 Å². The number of aryl methyl sites for hydroxylation is 1. The standard InChI is InChI=1S/C33H37ClN2O5/c1-3-5-15-36(26-8-6-7-25(34)19-26)30(37)21-35-20-27(24-13-14-28-29(18-24)41-17-16-40-28)31(33(38)39)32(35)23-11-9-22(4-2)10-12-23/h6-14,18-19,27,31-32H,3-5,15-17,20-21H2,1-2H3,(H,38,39)/t27-,31+,32-/m1/s1. The Balaban J connectivity index is 1.51. The van der Waals surface area contributed by atoms with Crippen LogP contribution in [0.25, 0.3) is 0 Å². The van der Waals surface area contributed by atoms with Crippen LogP contribution in [0.4, 0.5) is 5.69 Å². The first-order valence-electron chi connectivity index (χ1n) is 14.4. The van der Waals surface area contributed by atoms with Gasteiger partial charge in [-0.05, 0) is 59.9 Å². The summed E-state index contributed by atoms with van der Waals surface area (Å²) in [5, 5.41) is 11.2. The summed E-state index contributed by atoms with van der Waals surface area (Å²) in [4.78, 5) is 30.7. The summed E-state index contributed by atoms with van der Waals surface area (Å²) >= 11 is 6.28. The summed E-state index contributed by atoms with van der Waals surface area (Å²) in [6.45, 7) is 6.18. The van der Waals surface area contributed by atoms with E-state index in [9.17, 15) is 14.7 Å². The lowest BCUT2D eigenvalue weighted by Gasteiger charge is -2.30. The lowest BCUT2D eigenvalue weighted by Crippen LogP contribution is -2.41. The van der Waals surface area contributed by atoms with Gasteiger partial charge in [-0.1, -0.05) is 68.3 Å². The smallest absolute Gasteiger partial charge is 0.309 e. The molecule has 2 aliphatic heterocycles. The van der Waals surface area contributed by atoms with Gasteiger partial charge < -0.3 is 19.5 Å². The zero-order valence-electron chi connectivity index (χ0n) is 23.6. The third-order valence-electron chi connectivity index (χ3n) is 8.10. The first-order valence-corrected chi connectivity index (χ1v) is 14.8. The highest BCUT2D eigenvalue weighted by Gasteiger charge is 2.48. The van der Waals surface area contributed by atoms with Crippen LogP contribution >= 0.6 is 11.6 Å². The fourth-order valence-corrected chi connectivity index (χ4v) is 6.17. The van der Waals surface area contributed by atoms with Crippen molar-refractivity contribution in [3.05, 3.63) is 88.4 Å². The van der Waals surface area contributed by atoms with E-state index in [1.54, 1.807) is 17.0 Å². The molecule has 0 bridgehead atoms. The molecule has 0 saturated carbocycles. The van der Waals surface area contributed by atoms with Crippen LogP contribution < -0.4 is 14.4 Å². The van der Waals surface area contributed by atoms with E-state index < -0.39 is 17.9 Å². The van der Waals surface area contributed by atoms with Crippen molar-refractivity contribution in [1.29, 1.82) is 0 Å². The molecule has 1 amide bonds. The predicted octanol–water partition coefficient (Wildman–Crippen LogP) is 6.35. The lowest BCUT2D eigenvalue weighted by atomic mass is 9.82. The van der Waals surface area contributed by atoms with Crippen molar-refractivity contribution < 1.29 is 24.2 Å². The van der Waals surface area contributed by atoms with Gasteiger partial charge in [-0.25, -0.2) is 0 Å². The molecule has 1 fully saturated rings. The molecule has 7 nitrogen and oxygen atoms in total. The van der Waals surface area contributed by atoms with Gasteiger partial charge in [-0.3, -0.25) is 14.5 Å². The molecule has 0 spiro atoms. The maximum absolute atomic E-state index is 14.0. The number of nitrogens with zero attached hydrogens (tertiary/aromatic N) is 2. The predicted molar refractivity (Wildman–Crippen MR) is 160 cm³/mol. The van der Waals surface area contributed by atoms with Gasteiger partial charge in [-0.2, -0.15) is 0 Å². The van der Waals surface area contributed by atoms with Crippen molar-refractivity contribution in [2.24, 2.45) is 5.92 Å². The Morgan fingerprint density at radius 3 is 2.39 bits per heavy atom. The molecular weight excluding hydrogens is 540 g/mol. The molecular formula is C33H37ClN2O5. The Morgan fingerprint density at radius 1 is 0.976 bits per heavy atom. The second-order valence-corrected chi connectivity index (χ2v) is 11.2. The van der Waals surface area contributed by atoms with Crippen LogP contribution in [0.3, 0.4) is 0 Å². The number of carbonyl (C=O) groups excluding carboxylic acids is 1. The molecule has 0 aromatic heterocycles. The number of amides is 1. The molecule has 0 unspecified atom stereocenters. The van der Waals surface area contributed by atoms with Gasteiger partial charge in [-0.15, -0.1) is 0 Å². The minimum Gasteiger partial charge on any atom is -0.486 e. The maximum atomic E-state index is 14.0. The minimum atomic E-state index is -0.887. The van der Waals surface area contributed by atoms with Crippen LogP contribution in [0, 0.1) is 5.92 Å². The third kappa shape index (κ3) is 6.36. The highest BCUT2D eigenvalue weighted by atomic mass is 35.5. The van der Waals surface area contributed by atoms with E-state index in [2.05, 4.69) is 13.8 Å². The van der Waals surface area contributed by atoms with Gasteiger partial charge in [0.1, 0.15) is 13.2 Å². The number of halogens is 1. The molecule has 0 aliphatic carbocycles. The Labute approximate surface area is 246 Å². The van der Waals surface area contributed by atoms with Crippen LogP contribution in [0.2, 0.25) is 5.02 Å². The SMILES string of the molecule is CCCCN(C(=O)CN1C[C@H](c2ccc3c(c2)OCCO3)[C@H](C(=O)O)[C@H]1c1ccc(CC)cc1)c1cccc(Cl)c1. The Bertz CT molecular complexity index is 1380. The zero-order chi connectivity index (χ0) is 28.9. The topological polar surface area (TPSA) is 79.3 Å². The van der Waals surface area contributed by atoms with E-state index in [-0.39, 0.29) is 18.4 Å². The molecule has 1 saturated heterocycles. The summed E-state index contributed by atoms with van der Waals surface area (Å²) < 4.78 is 11.5. The van der Waals surface area contributed by atoms with Crippen molar-refractivity contribution in [3.8, 4) is 11.5 Å². The Morgan fingerprint density at radius 2 is 1.71 bits per heavy atom. The number of ether oxygens (including phenoxy) is 2. The molecule has 8 heteroatoms. The number of unbranched alkanes of at least 4 members (excludes halogenated alkanes) is 1. The quantitative estimate of drug-likeness (QED) is 0.303. The highest BCUT2D eigenvalue weighted by molar-refractivity contribution is 6.30. The first-order chi connectivity index (χ1) is 19.9. The lowest BCUT2D eigenvalue weighted by molar-refractivity contribution is -0.143. The number of rotatable bonds is 10. The Kier molecular flexibility index (Phi) is 9.15. The number of hydrogen-bond acceptors (Lipinski definition) is 5. The largest absolute Gasteiger partial charge is 0.486 e. The molecule has 3 atom stereocenters. The van der Waals surface area contributed by atoms with Crippen molar-refractivity contribution in [3.63, 3.8) is 0 Å². The zero-order valence-corrected chi connectivity index (χ0v) is 24.3. The Hall–Kier alpha value is -3.55. The van der Waals surface area contributed by atoms with Crippen molar-refractivity contribution in [2.75, 3.05) is 37.7 Å². The summed E-state index contributed by atoms with van der Waals surface area (Å²) in [6.07, 6.45) is 2.67. The number of fused-ring (bicyclic) bond motifs is 1. The second kappa shape index (κ2) is 13.0. The number of carboxylic acid groups (broad SMARTS) is 1. The monoisotopic (exact) mass is 576 g/mol. The molecule has 0 radical (unpaired) electrons. The number of likely N-dealkylation sites (tertiary alicyclic amines) is 1. The molecule has 1 N–H and O–H groups in total. The van der Waals surface area contributed by atoms with Crippen molar-refractivity contribution in [1.82, 2.24) is 4.90 Å². The molecule has 2 heterocycles. The molecule has 2 aliphatic rings. The number of aliphatic carboxylic acids is 1. The van der Waals surface area contributed by atoms with Crippen LogP contribution in [-0.2, 0) is 16.0 Å². The number of benzene rings is 3. The van der Waals surface area contributed by atoms with Gasteiger partial charge in [0.25, 0.3) is 0 Å². The van der Waals surface area contributed by atoms with Gasteiger partial charge >= 0.3 is 5.97 Å². The van der Waals surface area contributed by atoms with Gasteiger partial charge in [0, 0.05) is 35.8 Å². The summed E-state index contributed by atoms with van der Waals surface area (Å²) in [5.41, 5.74) is 3.68. The number of hydrogen-bond donors (Lipinski definition) is 1. The van der Waals surface area contributed by atoms with Crippen molar-refractivity contribution in [2.45, 2.75) is 45.1 Å². The molecule has 5 rings (SSSR count). The minimum absolute atomic E-state index is 0.0807. The average Bonchev–Trinajstić information content (AvgIpc) is 3.36. The maximum Gasteiger partial charge on any atom is 0.309 e. The first kappa shape index (κ1) is 29.0. The molecule has 216 valence electrons. The molecule has 41 heavy (non-hydrogen) atoms. The van der Waals surface area contributed by atoms with Crippen LogP contribution in [0.5, 0.6) is 11.5 Å². The van der Waals surface area contributed by atoms with Crippen molar-refractivity contribution >= 4 is 29.2 Å². The molecule has 3 aromatic rings. The average molecular weight is 577 g/mol. The fraction of sp³-hybridized carbons (Fsp3) is 0.394. The summed E-state index contributed by atoms with van der Waals surface area (Å²) in [7, 11) is 0. The third-order valence-corrected chi connectivity index (χ3v) is 8.34. The van der Waals surface area contributed by atoms with Gasteiger partial charge in [0.05, 0.1) is 12.5 Å². The number of carbonyl (C=O) groups is 2. The van der Waals surface area contributed by atoms with E-state index in [4.69, 9.17) is 21.1 Å². The van der Waals surface area contributed by atoms with E-state index in [0.29, 0.717) is 42.8 Å². The normalized spacial score (nSPS) is 20.1.